The van der Waals surface area contributed by atoms with Crippen LogP contribution >= 0.6 is 0 Å². The number of carbonyl (C=O) groups excluding carboxylic acids is 1. The Bertz CT molecular complexity index is 1010. The van der Waals surface area contributed by atoms with Crippen LogP contribution in [0.5, 0.6) is 0 Å². The molecule has 3 aromatic rings. The summed E-state index contributed by atoms with van der Waals surface area (Å²) >= 11 is 0. The molecule has 0 aliphatic carbocycles. The molecule has 2 heterocycles. The fraction of sp³-hybridized carbons (Fsp3) is 0.190. The second-order valence-corrected chi connectivity index (χ2v) is 6.70. The highest BCUT2D eigenvalue weighted by Gasteiger charge is 2.33. The van der Waals surface area contributed by atoms with E-state index in [0.717, 1.165) is 18.4 Å². The molecule has 7 heteroatoms. The summed E-state index contributed by atoms with van der Waals surface area (Å²) in [5.74, 6) is -0.806. The van der Waals surface area contributed by atoms with Crippen LogP contribution in [0, 0.1) is 11.6 Å². The van der Waals surface area contributed by atoms with E-state index in [9.17, 15) is 13.6 Å². The molecule has 1 aliphatic rings. The van der Waals surface area contributed by atoms with E-state index in [1.165, 1.54) is 36.4 Å². The lowest BCUT2D eigenvalue weighted by Gasteiger charge is -2.26. The zero-order valence-electron chi connectivity index (χ0n) is 15.0. The Morgan fingerprint density at radius 3 is 2.36 bits per heavy atom. The molecule has 0 saturated carbocycles. The quantitative estimate of drug-likeness (QED) is 0.746. The molecule has 0 bridgehead atoms. The van der Waals surface area contributed by atoms with Crippen LogP contribution in [-0.4, -0.2) is 27.3 Å². The largest absolute Gasteiger partial charge is 0.368 e. The number of nitrogens with two attached hydrogens (primary N) is 1. The van der Waals surface area contributed by atoms with E-state index < -0.39 is 5.82 Å². The van der Waals surface area contributed by atoms with Crippen molar-refractivity contribution in [3.63, 3.8) is 0 Å². The molecule has 1 saturated heterocycles. The molecule has 0 spiro atoms. The normalized spacial score (nSPS) is 16.4. The van der Waals surface area contributed by atoms with Crippen LogP contribution < -0.4 is 5.73 Å². The molecule has 1 aliphatic heterocycles. The molecular formula is C21H18F2N4O. The number of benzene rings is 2. The highest BCUT2D eigenvalue weighted by Crippen LogP contribution is 2.37. The first-order valence-electron chi connectivity index (χ1n) is 8.98. The topological polar surface area (TPSA) is 72.1 Å². The summed E-state index contributed by atoms with van der Waals surface area (Å²) in [6, 6.07) is 11.2. The molecule has 1 amide bonds. The van der Waals surface area contributed by atoms with Gasteiger partial charge in [0.05, 0.1) is 11.7 Å². The molecule has 5 nitrogen and oxygen atoms in total. The molecule has 0 radical (unpaired) electrons. The summed E-state index contributed by atoms with van der Waals surface area (Å²) in [4.78, 5) is 23.2. The van der Waals surface area contributed by atoms with Crippen molar-refractivity contribution in [3.8, 4) is 11.1 Å². The van der Waals surface area contributed by atoms with Crippen molar-refractivity contribution in [1.29, 1.82) is 0 Å². The average Bonchev–Trinajstić information content (AvgIpc) is 3.18. The van der Waals surface area contributed by atoms with Crippen LogP contribution in [0.25, 0.3) is 11.1 Å². The summed E-state index contributed by atoms with van der Waals surface area (Å²) < 4.78 is 26.5. The van der Waals surface area contributed by atoms with E-state index >= 15 is 0 Å². The lowest BCUT2D eigenvalue weighted by Crippen LogP contribution is -2.31. The lowest BCUT2D eigenvalue weighted by molar-refractivity contribution is 0.0733. The van der Waals surface area contributed by atoms with Gasteiger partial charge in [-0.2, -0.15) is 0 Å². The summed E-state index contributed by atoms with van der Waals surface area (Å²) in [6.07, 6.45) is 3.13. The van der Waals surface area contributed by atoms with Gasteiger partial charge in [-0.15, -0.1) is 0 Å². The van der Waals surface area contributed by atoms with Crippen molar-refractivity contribution in [2.45, 2.75) is 18.9 Å². The van der Waals surface area contributed by atoms with Crippen LogP contribution in [0.1, 0.15) is 34.9 Å². The number of likely N-dealkylation sites (tertiary alicyclic amines) is 1. The molecule has 2 N–H and O–H groups in total. The van der Waals surface area contributed by atoms with Gasteiger partial charge >= 0.3 is 0 Å². The number of hydrogen-bond acceptors (Lipinski definition) is 4. The number of halogens is 2. The first kappa shape index (κ1) is 18.0. The zero-order valence-corrected chi connectivity index (χ0v) is 15.0. The molecule has 1 atom stereocenters. The van der Waals surface area contributed by atoms with Crippen LogP contribution in [0.2, 0.25) is 0 Å². The first-order valence-corrected chi connectivity index (χ1v) is 8.98. The van der Waals surface area contributed by atoms with Gasteiger partial charge in [-0.1, -0.05) is 12.1 Å². The smallest absolute Gasteiger partial charge is 0.254 e. The average molecular weight is 380 g/mol. The van der Waals surface area contributed by atoms with Crippen molar-refractivity contribution < 1.29 is 13.6 Å². The Labute approximate surface area is 160 Å². The van der Waals surface area contributed by atoms with Gasteiger partial charge in [-0.05, 0) is 54.8 Å². The highest BCUT2D eigenvalue weighted by molar-refractivity contribution is 5.94. The predicted octanol–water partition coefficient (Wildman–Crippen LogP) is 3.98. The number of amides is 1. The number of hydrogen-bond donors (Lipinski definition) is 1. The van der Waals surface area contributed by atoms with E-state index in [2.05, 4.69) is 9.97 Å². The summed E-state index contributed by atoms with van der Waals surface area (Å²) in [7, 11) is 0. The number of aromatic nitrogens is 2. The van der Waals surface area contributed by atoms with Gasteiger partial charge in [0.25, 0.3) is 5.91 Å². The van der Waals surface area contributed by atoms with Crippen LogP contribution in [-0.2, 0) is 0 Å². The SMILES string of the molecule is Nc1ncc(-c2ccc(F)cc2)c([C@H]2CCCN2C(=O)c2ccc(F)cc2)n1. The predicted molar refractivity (Wildman–Crippen MR) is 101 cm³/mol. The Hall–Kier alpha value is -3.35. The maximum Gasteiger partial charge on any atom is 0.254 e. The number of rotatable bonds is 3. The Morgan fingerprint density at radius 1 is 1.04 bits per heavy atom. The third-order valence-electron chi connectivity index (χ3n) is 4.91. The zero-order chi connectivity index (χ0) is 19.7. The van der Waals surface area contributed by atoms with Crippen molar-refractivity contribution in [1.82, 2.24) is 14.9 Å². The molecule has 0 unspecified atom stereocenters. The molecule has 1 aromatic heterocycles. The Morgan fingerprint density at radius 2 is 1.68 bits per heavy atom. The van der Waals surface area contributed by atoms with Gasteiger partial charge in [0.15, 0.2) is 0 Å². The van der Waals surface area contributed by atoms with Crippen LogP contribution in [0.3, 0.4) is 0 Å². The summed E-state index contributed by atoms with van der Waals surface area (Å²) in [6.45, 7) is 0.563. The minimum absolute atomic E-state index is 0.113. The Balaban J connectivity index is 1.73. The number of anilines is 1. The number of nitrogens with zero attached hydrogens (tertiary/aromatic N) is 3. The molecule has 142 valence electrons. The second-order valence-electron chi connectivity index (χ2n) is 6.70. The van der Waals surface area contributed by atoms with Crippen molar-refractivity contribution in [2.75, 3.05) is 12.3 Å². The monoisotopic (exact) mass is 380 g/mol. The van der Waals surface area contributed by atoms with Gasteiger partial charge in [0.1, 0.15) is 11.6 Å². The number of carbonyl (C=O) groups is 1. The standard InChI is InChI=1S/C21H18F2N4O/c22-15-7-3-13(4-8-15)17-12-25-21(24)26-19(17)18-2-1-11-27(18)20(28)14-5-9-16(23)10-6-14/h3-10,12,18H,1-2,11H2,(H2,24,25,26)/t18-/m1/s1. The van der Waals surface area contributed by atoms with Crippen molar-refractivity contribution in [3.05, 3.63) is 77.6 Å². The van der Waals surface area contributed by atoms with Gasteiger partial charge in [0.2, 0.25) is 5.95 Å². The van der Waals surface area contributed by atoms with E-state index in [-0.39, 0.29) is 23.7 Å². The first-order chi connectivity index (χ1) is 13.5. The van der Waals surface area contributed by atoms with E-state index in [1.54, 1.807) is 23.2 Å². The maximum absolute atomic E-state index is 13.3. The highest BCUT2D eigenvalue weighted by atomic mass is 19.1. The summed E-state index contributed by atoms with van der Waals surface area (Å²) in [5, 5.41) is 0. The van der Waals surface area contributed by atoms with Gasteiger partial charge in [-0.25, -0.2) is 18.7 Å². The minimum Gasteiger partial charge on any atom is -0.368 e. The molecular weight excluding hydrogens is 362 g/mol. The van der Waals surface area contributed by atoms with Crippen LogP contribution in [0.15, 0.2) is 54.7 Å². The van der Waals surface area contributed by atoms with Crippen molar-refractivity contribution >= 4 is 11.9 Å². The van der Waals surface area contributed by atoms with Crippen LogP contribution in [0.4, 0.5) is 14.7 Å². The van der Waals surface area contributed by atoms with E-state index in [0.29, 0.717) is 23.4 Å². The van der Waals surface area contributed by atoms with E-state index in [4.69, 9.17) is 5.73 Å². The molecule has 1 fully saturated rings. The lowest BCUT2D eigenvalue weighted by atomic mass is 9.99. The number of nitrogen functional groups attached to an aromatic ring is 1. The minimum atomic E-state index is -0.392. The fourth-order valence-corrected chi connectivity index (χ4v) is 3.57. The third-order valence-corrected chi connectivity index (χ3v) is 4.91. The van der Waals surface area contributed by atoms with E-state index in [1.807, 2.05) is 0 Å². The summed E-state index contributed by atoms with van der Waals surface area (Å²) in [5.41, 5.74) is 8.32. The van der Waals surface area contributed by atoms with Gasteiger partial charge in [-0.3, -0.25) is 4.79 Å². The Kier molecular flexibility index (Phi) is 4.73. The van der Waals surface area contributed by atoms with Gasteiger partial charge in [0, 0.05) is 23.9 Å². The molecule has 4 rings (SSSR count). The second kappa shape index (κ2) is 7.34. The fourth-order valence-electron chi connectivity index (χ4n) is 3.57. The van der Waals surface area contributed by atoms with Gasteiger partial charge < -0.3 is 10.6 Å². The third kappa shape index (κ3) is 3.43. The maximum atomic E-state index is 13.3. The molecule has 2 aromatic carbocycles. The van der Waals surface area contributed by atoms with Crippen molar-refractivity contribution in [2.24, 2.45) is 0 Å². The molecule has 28 heavy (non-hydrogen) atoms.